The molecule has 0 saturated carbocycles. The highest BCUT2D eigenvalue weighted by molar-refractivity contribution is 6.32. The van der Waals surface area contributed by atoms with E-state index in [2.05, 4.69) is 5.32 Å². The molecule has 0 saturated heterocycles. The lowest BCUT2D eigenvalue weighted by Crippen LogP contribution is -2.45. The van der Waals surface area contributed by atoms with Crippen molar-refractivity contribution in [1.82, 2.24) is 10.2 Å². The monoisotopic (exact) mass is 546 g/mol. The molecule has 0 radical (unpaired) electrons. The van der Waals surface area contributed by atoms with Crippen molar-refractivity contribution in [2.24, 2.45) is 0 Å². The molecule has 0 aliphatic heterocycles. The van der Waals surface area contributed by atoms with Gasteiger partial charge in [0.1, 0.15) is 11.8 Å². The third-order valence-electron chi connectivity index (χ3n) is 6.04. The average molecular weight is 547 g/mol. The number of amides is 2. The number of para-hydroxylation sites is 1. The fourth-order valence-electron chi connectivity index (χ4n) is 3.99. The number of hydrogen-bond acceptors (Lipinski definition) is 3. The van der Waals surface area contributed by atoms with Crippen LogP contribution in [0.3, 0.4) is 0 Å². The van der Waals surface area contributed by atoms with Crippen molar-refractivity contribution in [2.45, 2.75) is 26.1 Å². The van der Waals surface area contributed by atoms with E-state index in [-0.39, 0.29) is 25.0 Å². The Labute approximate surface area is 233 Å². The molecular weight excluding hydrogens is 519 g/mol. The lowest BCUT2D eigenvalue weighted by atomic mass is 10.0. The highest BCUT2D eigenvalue weighted by Gasteiger charge is 2.32. The number of halogens is 2. The van der Waals surface area contributed by atoms with Crippen molar-refractivity contribution < 1.29 is 14.3 Å². The van der Waals surface area contributed by atoms with Crippen molar-refractivity contribution in [3.05, 3.63) is 135 Å². The van der Waals surface area contributed by atoms with Crippen LogP contribution < -0.4 is 10.1 Å². The van der Waals surface area contributed by atoms with Gasteiger partial charge in [0, 0.05) is 18.1 Å². The van der Waals surface area contributed by atoms with Gasteiger partial charge in [-0.3, -0.25) is 9.59 Å². The van der Waals surface area contributed by atoms with Crippen molar-refractivity contribution in [3.8, 4) is 5.75 Å². The molecule has 0 fully saturated rings. The van der Waals surface area contributed by atoms with Gasteiger partial charge in [0.15, 0.2) is 6.61 Å². The standard InChI is InChI=1S/C31H28Cl2N2O3/c1-22-11-13-23(14-12-22)19-34-31(37)30(25-7-3-2-4-8-25)35(20-24-15-17-26(32)18-16-24)29(36)21-38-28-10-6-5-9-27(28)33/h2-18,30H,19-21H2,1H3,(H,34,37)/t30-/m0/s1. The van der Waals surface area contributed by atoms with Crippen LogP contribution in [0.1, 0.15) is 28.3 Å². The minimum absolute atomic E-state index is 0.180. The van der Waals surface area contributed by atoms with Gasteiger partial charge in [0.05, 0.1) is 5.02 Å². The summed E-state index contributed by atoms with van der Waals surface area (Å²) >= 11 is 12.3. The first-order valence-electron chi connectivity index (χ1n) is 12.2. The summed E-state index contributed by atoms with van der Waals surface area (Å²) in [7, 11) is 0. The molecule has 0 heterocycles. The molecule has 1 N–H and O–H groups in total. The molecule has 0 spiro atoms. The highest BCUT2D eigenvalue weighted by Crippen LogP contribution is 2.27. The van der Waals surface area contributed by atoms with Crippen LogP contribution in [-0.4, -0.2) is 23.3 Å². The zero-order valence-corrected chi connectivity index (χ0v) is 22.5. The van der Waals surface area contributed by atoms with Crippen LogP contribution in [0.15, 0.2) is 103 Å². The first-order chi connectivity index (χ1) is 18.4. The van der Waals surface area contributed by atoms with Crippen LogP contribution in [-0.2, 0) is 22.7 Å². The maximum absolute atomic E-state index is 13.7. The number of aryl methyl sites for hydroxylation is 1. The molecule has 4 aromatic rings. The first-order valence-corrected chi connectivity index (χ1v) is 13.0. The lowest BCUT2D eigenvalue weighted by molar-refractivity contribution is -0.143. The summed E-state index contributed by atoms with van der Waals surface area (Å²) in [5.41, 5.74) is 3.62. The number of rotatable bonds is 10. The molecule has 0 bridgehead atoms. The fraction of sp³-hybridized carbons (Fsp3) is 0.161. The number of carbonyl (C=O) groups excluding carboxylic acids is 2. The zero-order valence-electron chi connectivity index (χ0n) is 20.9. The lowest BCUT2D eigenvalue weighted by Gasteiger charge is -2.31. The number of nitrogens with zero attached hydrogens (tertiary/aromatic N) is 1. The smallest absolute Gasteiger partial charge is 0.261 e. The Bertz CT molecular complexity index is 1360. The minimum Gasteiger partial charge on any atom is -0.482 e. The van der Waals surface area contributed by atoms with E-state index >= 15 is 0 Å². The molecule has 7 heteroatoms. The molecule has 194 valence electrons. The maximum atomic E-state index is 13.7. The van der Waals surface area contributed by atoms with E-state index in [9.17, 15) is 9.59 Å². The van der Waals surface area contributed by atoms with Crippen molar-refractivity contribution >= 4 is 35.0 Å². The molecule has 0 unspecified atom stereocenters. The van der Waals surface area contributed by atoms with Gasteiger partial charge in [-0.25, -0.2) is 0 Å². The number of benzene rings is 4. The largest absolute Gasteiger partial charge is 0.482 e. The van der Waals surface area contributed by atoms with Gasteiger partial charge in [0.2, 0.25) is 5.91 Å². The molecule has 1 atom stereocenters. The summed E-state index contributed by atoms with van der Waals surface area (Å²) in [6, 6.07) is 30.4. The highest BCUT2D eigenvalue weighted by atomic mass is 35.5. The third kappa shape index (κ3) is 7.37. The fourth-order valence-corrected chi connectivity index (χ4v) is 4.31. The van der Waals surface area contributed by atoms with Crippen LogP contribution >= 0.6 is 23.2 Å². The Morgan fingerprint density at radius 1 is 0.816 bits per heavy atom. The maximum Gasteiger partial charge on any atom is 0.261 e. The van der Waals surface area contributed by atoms with Gasteiger partial charge in [-0.05, 0) is 47.9 Å². The Morgan fingerprint density at radius 2 is 1.45 bits per heavy atom. The van der Waals surface area contributed by atoms with E-state index in [1.165, 1.54) is 4.90 Å². The zero-order chi connectivity index (χ0) is 26.9. The quantitative estimate of drug-likeness (QED) is 0.239. The summed E-state index contributed by atoms with van der Waals surface area (Å²) in [6.45, 7) is 2.24. The van der Waals surface area contributed by atoms with E-state index < -0.39 is 6.04 Å². The predicted molar refractivity (Wildman–Crippen MR) is 151 cm³/mol. The van der Waals surface area contributed by atoms with Gasteiger partial charge in [0.25, 0.3) is 5.91 Å². The Kier molecular flexibility index (Phi) is 9.41. The van der Waals surface area contributed by atoms with Crippen molar-refractivity contribution in [3.63, 3.8) is 0 Å². The second-order valence-corrected chi connectivity index (χ2v) is 9.73. The van der Waals surface area contributed by atoms with Gasteiger partial charge in [-0.2, -0.15) is 0 Å². The molecule has 4 aromatic carbocycles. The number of carbonyl (C=O) groups is 2. The Balaban J connectivity index is 1.63. The Morgan fingerprint density at radius 3 is 2.13 bits per heavy atom. The SMILES string of the molecule is Cc1ccc(CNC(=O)[C@H](c2ccccc2)N(Cc2ccc(Cl)cc2)C(=O)COc2ccccc2Cl)cc1. The molecule has 2 amide bonds. The van der Waals surface area contributed by atoms with Crippen LogP contribution in [0.4, 0.5) is 0 Å². The molecule has 38 heavy (non-hydrogen) atoms. The molecule has 0 aromatic heterocycles. The van der Waals surface area contributed by atoms with Gasteiger partial charge in [-0.1, -0.05) is 108 Å². The van der Waals surface area contributed by atoms with Crippen molar-refractivity contribution in [1.29, 1.82) is 0 Å². The van der Waals surface area contributed by atoms with Crippen LogP contribution in [0.5, 0.6) is 5.75 Å². The Hall–Kier alpha value is -3.80. The summed E-state index contributed by atoms with van der Waals surface area (Å²) in [4.78, 5) is 28.9. The number of ether oxygens (including phenoxy) is 1. The molecule has 4 rings (SSSR count). The average Bonchev–Trinajstić information content (AvgIpc) is 2.93. The third-order valence-corrected chi connectivity index (χ3v) is 6.60. The predicted octanol–water partition coefficient (Wildman–Crippen LogP) is 6.77. The summed E-state index contributed by atoms with van der Waals surface area (Å²) in [5, 5.41) is 4.00. The van der Waals surface area contributed by atoms with Crippen LogP contribution in [0.2, 0.25) is 10.0 Å². The van der Waals surface area contributed by atoms with E-state index in [0.29, 0.717) is 27.9 Å². The van der Waals surface area contributed by atoms with Gasteiger partial charge in [-0.15, -0.1) is 0 Å². The van der Waals surface area contributed by atoms with Crippen LogP contribution in [0, 0.1) is 6.92 Å². The first kappa shape index (κ1) is 27.2. The number of hydrogen-bond donors (Lipinski definition) is 1. The van der Waals surface area contributed by atoms with Gasteiger partial charge >= 0.3 is 0 Å². The molecular formula is C31H28Cl2N2O3. The number of nitrogens with one attached hydrogen (secondary N) is 1. The summed E-state index contributed by atoms with van der Waals surface area (Å²) < 4.78 is 5.77. The topological polar surface area (TPSA) is 58.6 Å². The second kappa shape index (κ2) is 13.1. The van der Waals surface area contributed by atoms with Gasteiger partial charge < -0.3 is 15.0 Å². The van der Waals surface area contributed by atoms with E-state index in [1.807, 2.05) is 73.7 Å². The van der Waals surface area contributed by atoms with E-state index in [1.54, 1.807) is 36.4 Å². The second-order valence-electron chi connectivity index (χ2n) is 8.88. The molecule has 0 aliphatic carbocycles. The van der Waals surface area contributed by atoms with E-state index in [4.69, 9.17) is 27.9 Å². The molecule has 5 nitrogen and oxygen atoms in total. The minimum atomic E-state index is -0.889. The van der Waals surface area contributed by atoms with Crippen LogP contribution in [0.25, 0.3) is 0 Å². The summed E-state index contributed by atoms with van der Waals surface area (Å²) in [6.07, 6.45) is 0. The molecule has 0 aliphatic rings. The van der Waals surface area contributed by atoms with Crippen molar-refractivity contribution in [2.75, 3.05) is 6.61 Å². The normalized spacial score (nSPS) is 11.4. The van der Waals surface area contributed by atoms with E-state index in [0.717, 1.165) is 16.7 Å². The summed E-state index contributed by atoms with van der Waals surface area (Å²) in [5.74, 6) is -0.259.